The van der Waals surface area contributed by atoms with Crippen LogP contribution in [0.3, 0.4) is 0 Å². The van der Waals surface area contributed by atoms with Gasteiger partial charge in [0.15, 0.2) is 0 Å². The second-order valence-electron chi connectivity index (χ2n) is 5.98. The highest BCUT2D eigenvalue weighted by Crippen LogP contribution is 2.34. The standard InChI is InChI=1S/C19H17F3N2O2S/c20-19(21,22)13-6-2-1-5-12(13)15(25)11-23-17(26)9-10-18-24-14-7-3-4-8-16(14)27-18/h1-8,15,25H,9-11H2,(H,23,26). The molecule has 27 heavy (non-hydrogen) atoms. The van der Waals surface area contributed by atoms with Crippen LogP contribution < -0.4 is 5.32 Å². The third kappa shape index (κ3) is 4.84. The number of aliphatic hydroxyl groups excluding tert-OH is 1. The Balaban J connectivity index is 1.54. The lowest BCUT2D eigenvalue weighted by atomic mass is 10.0. The van der Waals surface area contributed by atoms with Crippen LogP contribution in [-0.2, 0) is 17.4 Å². The van der Waals surface area contributed by atoms with E-state index in [1.54, 1.807) is 0 Å². The van der Waals surface area contributed by atoms with Gasteiger partial charge in [-0.15, -0.1) is 11.3 Å². The molecule has 142 valence electrons. The zero-order chi connectivity index (χ0) is 19.4. The molecule has 0 spiro atoms. The second kappa shape index (κ2) is 8.06. The fourth-order valence-electron chi connectivity index (χ4n) is 2.70. The van der Waals surface area contributed by atoms with E-state index < -0.39 is 17.8 Å². The van der Waals surface area contributed by atoms with Gasteiger partial charge >= 0.3 is 6.18 Å². The van der Waals surface area contributed by atoms with Crippen LogP contribution in [0.15, 0.2) is 48.5 Å². The van der Waals surface area contributed by atoms with Crippen LogP contribution >= 0.6 is 11.3 Å². The number of carbonyl (C=O) groups excluding carboxylic acids is 1. The lowest BCUT2D eigenvalue weighted by Gasteiger charge is -2.17. The molecular weight excluding hydrogens is 377 g/mol. The highest BCUT2D eigenvalue weighted by Gasteiger charge is 2.34. The van der Waals surface area contributed by atoms with Gasteiger partial charge in [0.05, 0.1) is 26.9 Å². The lowest BCUT2D eigenvalue weighted by molar-refractivity contribution is -0.139. The summed E-state index contributed by atoms with van der Waals surface area (Å²) in [6, 6.07) is 12.4. The molecule has 0 aliphatic rings. The summed E-state index contributed by atoms with van der Waals surface area (Å²) in [7, 11) is 0. The number of nitrogens with one attached hydrogen (secondary N) is 1. The normalized spacial score (nSPS) is 12.9. The Kier molecular flexibility index (Phi) is 5.76. The Morgan fingerprint density at radius 1 is 1.15 bits per heavy atom. The van der Waals surface area contributed by atoms with E-state index in [1.807, 2.05) is 24.3 Å². The molecule has 0 bridgehead atoms. The van der Waals surface area contributed by atoms with Crippen molar-refractivity contribution in [2.24, 2.45) is 0 Å². The number of hydrogen-bond acceptors (Lipinski definition) is 4. The number of aromatic nitrogens is 1. The van der Waals surface area contributed by atoms with Crippen LogP contribution in [0.4, 0.5) is 13.2 Å². The predicted octanol–water partition coefficient (Wildman–Crippen LogP) is 4.10. The fourth-order valence-corrected chi connectivity index (χ4v) is 3.67. The Labute approximate surface area is 157 Å². The number of amides is 1. The van der Waals surface area contributed by atoms with Gasteiger partial charge < -0.3 is 10.4 Å². The van der Waals surface area contributed by atoms with Gasteiger partial charge in [-0.2, -0.15) is 13.2 Å². The summed E-state index contributed by atoms with van der Waals surface area (Å²) in [6.45, 7) is -0.286. The number of nitrogens with zero attached hydrogens (tertiary/aromatic N) is 1. The van der Waals surface area contributed by atoms with E-state index in [-0.39, 0.29) is 24.4 Å². The van der Waals surface area contributed by atoms with Gasteiger partial charge in [-0.1, -0.05) is 30.3 Å². The monoisotopic (exact) mass is 394 g/mol. The molecule has 0 saturated heterocycles. The molecule has 8 heteroatoms. The van der Waals surface area contributed by atoms with Crippen molar-refractivity contribution < 1.29 is 23.1 Å². The minimum absolute atomic E-state index is 0.146. The first-order chi connectivity index (χ1) is 12.8. The van der Waals surface area contributed by atoms with Gasteiger partial charge in [-0.3, -0.25) is 4.79 Å². The van der Waals surface area contributed by atoms with Crippen molar-refractivity contribution in [2.75, 3.05) is 6.54 Å². The second-order valence-corrected chi connectivity index (χ2v) is 7.10. The Morgan fingerprint density at radius 3 is 2.59 bits per heavy atom. The molecule has 1 unspecified atom stereocenters. The molecule has 0 saturated carbocycles. The minimum Gasteiger partial charge on any atom is -0.387 e. The van der Waals surface area contributed by atoms with Crippen LogP contribution in [0.25, 0.3) is 10.2 Å². The maximum atomic E-state index is 13.0. The number of thiazole rings is 1. The molecule has 1 aromatic heterocycles. The van der Waals surface area contributed by atoms with E-state index in [0.29, 0.717) is 6.42 Å². The number of rotatable bonds is 6. The number of aryl methyl sites for hydroxylation is 1. The van der Waals surface area contributed by atoms with Crippen LogP contribution in [0, 0.1) is 0 Å². The van der Waals surface area contributed by atoms with Crippen molar-refractivity contribution in [3.63, 3.8) is 0 Å². The molecule has 3 rings (SSSR count). The summed E-state index contributed by atoms with van der Waals surface area (Å²) >= 11 is 1.50. The van der Waals surface area contributed by atoms with Crippen LogP contribution in [0.1, 0.15) is 28.7 Å². The average Bonchev–Trinajstić information content (AvgIpc) is 3.06. The Hall–Kier alpha value is -2.45. The van der Waals surface area contributed by atoms with Gasteiger partial charge in [0.25, 0.3) is 0 Å². The summed E-state index contributed by atoms with van der Waals surface area (Å²) in [5.41, 5.74) is -0.283. The van der Waals surface area contributed by atoms with Gasteiger partial charge in [-0.05, 0) is 23.8 Å². The van der Waals surface area contributed by atoms with Crippen LogP contribution in [0.5, 0.6) is 0 Å². The molecule has 3 aromatic rings. The first-order valence-electron chi connectivity index (χ1n) is 8.30. The van der Waals surface area contributed by atoms with E-state index >= 15 is 0 Å². The zero-order valence-electron chi connectivity index (χ0n) is 14.2. The summed E-state index contributed by atoms with van der Waals surface area (Å²) in [6.07, 6.45) is -5.42. The summed E-state index contributed by atoms with van der Waals surface area (Å²) in [5.74, 6) is -0.349. The van der Waals surface area contributed by atoms with Gasteiger partial charge in [0.2, 0.25) is 5.91 Å². The summed E-state index contributed by atoms with van der Waals surface area (Å²) < 4.78 is 40.0. The van der Waals surface area contributed by atoms with Gasteiger partial charge in [0.1, 0.15) is 0 Å². The van der Waals surface area contributed by atoms with E-state index in [1.165, 1.54) is 29.5 Å². The van der Waals surface area contributed by atoms with E-state index in [9.17, 15) is 23.1 Å². The molecule has 2 aromatic carbocycles. The zero-order valence-corrected chi connectivity index (χ0v) is 15.0. The molecule has 0 aliphatic heterocycles. The molecule has 0 aliphatic carbocycles. The predicted molar refractivity (Wildman–Crippen MR) is 97.4 cm³/mol. The molecule has 4 nitrogen and oxygen atoms in total. The molecule has 0 radical (unpaired) electrons. The fraction of sp³-hybridized carbons (Fsp3) is 0.263. The third-order valence-corrected chi connectivity index (χ3v) is 5.12. The van der Waals surface area contributed by atoms with Crippen LogP contribution in [0.2, 0.25) is 0 Å². The third-order valence-electron chi connectivity index (χ3n) is 4.02. The molecule has 1 amide bonds. The van der Waals surface area contributed by atoms with E-state index in [4.69, 9.17) is 0 Å². The number of halogens is 3. The van der Waals surface area contributed by atoms with Crippen molar-refractivity contribution in [1.82, 2.24) is 10.3 Å². The van der Waals surface area contributed by atoms with Crippen LogP contribution in [-0.4, -0.2) is 22.5 Å². The minimum atomic E-state index is -4.56. The number of fused-ring (bicyclic) bond motifs is 1. The number of carbonyl (C=O) groups is 1. The smallest absolute Gasteiger partial charge is 0.387 e. The highest BCUT2D eigenvalue weighted by atomic mass is 32.1. The summed E-state index contributed by atoms with van der Waals surface area (Å²) in [5, 5.41) is 13.4. The summed E-state index contributed by atoms with van der Waals surface area (Å²) in [4.78, 5) is 16.4. The maximum Gasteiger partial charge on any atom is 0.416 e. The largest absolute Gasteiger partial charge is 0.416 e. The Bertz CT molecular complexity index is 907. The van der Waals surface area contributed by atoms with E-state index in [2.05, 4.69) is 10.3 Å². The first-order valence-corrected chi connectivity index (χ1v) is 9.11. The lowest BCUT2D eigenvalue weighted by Crippen LogP contribution is -2.29. The van der Waals surface area contributed by atoms with E-state index in [0.717, 1.165) is 21.3 Å². The number of hydrogen-bond donors (Lipinski definition) is 2. The maximum absolute atomic E-state index is 13.0. The van der Waals surface area contributed by atoms with Gasteiger partial charge in [0, 0.05) is 19.4 Å². The number of para-hydroxylation sites is 1. The Morgan fingerprint density at radius 2 is 1.85 bits per heavy atom. The average molecular weight is 394 g/mol. The highest BCUT2D eigenvalue weighted by molar-refractivity contribution is 7.18. The van der Waals surface area contributed by atoms with Crippen molar-refractivity contribution in [3.05, 3.63) is 64.7 Å². The van der Waals surface area contributed by atoms with Crippen molar-refractivity contribution >= 4 is 27.5 Å². The van der Waals surface area contributed by atoms with Crippen molar-refractivity contribution in [1.29, 1.82) is 0 Å². The number of aliphatic hydroxyl groups is 1. The molecule has 2 N–H and O–H groups in total. The first kappa shape index (κ1) is 19.3. The molecule has 0 fully saturated rings. The molecular formula is C19H17F3N2O2S. The van der Waals surface area contributed by atoms with Crippen molar-refractivity contribution in [2.45, 2.75) is 25.1 Å². The van der Waals surface area contributed by atoms with Crippen molar-refractivity contribution in [3.8, 4) is 0 Å². The molecule has 1 atom stereocenters. The topological polar surface area (TPSA) is 62.2 Å². The van der Waals surface area contributed by atoms with Gasteiger partial charge in [-0.25, -0.2) is 4.98 Å². The SMILES string of the molecule is O=C(CCc1nc2ccccc2s1)NCC(O)c1ccccc1C(F)(F)F. The number of benzene rings is 2. The molecule has 1 heterocycles. The number of alkyl halides is 3. The quantitative estimate of drug-likeness (QED) is 0.662.